The first-order valence-corrected chi connectivity index (χ1v) is 10.0. The van der Waals surface area contributed by atoms with Gasteiger partial charge in [0.05, 0.1) is 26.4 Å². The van der Waals surface area contributed by atoms with Gasteiger partial charge in [-0.3, -0.25) is 4.99 Å². The average molecular weight is 473 g/mol. The van der Waals surface area contributed by atoms with E-state index in [0.717, 1.165) is 38.6 Å². The first-order chi connectivity index (χ1) is 11.2. The van der Waals surface area contributed by atoms with Crippen molar-refractivity contribution in [2.45, 2.75) is 51.2 Å². The van der Waals surface area contributed by atoms with E-state index in [1.807, 2.05) is 11.8 Å². The van der Waals surface area contributed by atoms with Gasteiger partial charge >= 0.3 is 0 Å². The summed E-state index contributed by atoms with van der Waals surface area (Å²) in [4.78, 5) is 4.73. The molecule has 0 aromatic heterocycles. The lowest BCUT2D eigenvalue weighted by atomic mass is 10.1. The molecule has 0 bridgehead atoms. The SMILES string of the molecule is CCCCOCCOCCNC(=NCC1(C)CCCS1)NCC.I. The van der Waals surface area contributed by atoms with Crippen LogP contribution in [0.25, 0.3) is 0 Å². The maximum atomic E-state index is 5.57. The molecule has 0 aromatic rings. The van der Waals surface area contributed by atoms with Crippen LogP contribution >= 0.6 is 35.7 Å². The summed E-state index contributed by atoms with van der Waals surface area (Å²) < 4.78 is 11.3. The standard InChI is InChI=1S/C17H35N3O2S.HI/c1-4-6-10-21-12-13-22-11-9-19-16(18-5-2)20-15-17(3)8-7-14-23-17;/h4-15H2,1-3H3,(H2,18,19,20);1H. The van der Waals surface area contributed by atoms with Crippen LogP contribution in [0.4, 0.5) is 0 Å². The molecular formula is C17H36IN3O2S. The molecule has 1 atom stereocenters. The Kier molecular flexibility index (Phi) is 15.7. The van der Waals surface area contributed by atoms with Crippen molar-refractivity contribution in [2.24, 2.45) is 4.99 Å². The molecule has 1 aliphatic rings. The van der Waals surface area contributed by atoms with Crippen LogP contribution in [0.5, 0.6) is 0 Å². The lowest BCUT2D eigenvalue weighted by molar-refractivity contribution is 0.0487. The smallest absolute Gasteiger partial charge is 0.191 e. The predicted octanol–water partition coefficient (Wildman–Crippen LogP) is 3.28. The van der Waals surface area contributed by atoms with Crippen molar-refractivity contribution >= 4 is 41.7 Å². The molecule has 0 spiro atoms. The minimum atomic E-state index is 0. The van der Waals surface area contributed by atoms with Gasteiger partial charge in [0.1, 0.15) is 0 Å². The number of thioether (sulfide) groups is 1. The predicted molar refractivity (Wildman–Crippen MR) is 116 cm³/mol. The Morgan fingerprint density at radius 2 is 1.88 bits per heavy atom. The first-order valence-electron chi connectivity index (χ1n) is 9.02. The lowest BCUT2D eigenvalue weighted by Crippen LogP contribution is -2.40. The Bertz CT molecular complexity index is 327. The van der Waals surface area contributed by atoms with Crippen LogP contribution < -0.4 is 10.6 Å². The number of hydrogen-bond donors (Lipinski definition) is 2. The van der Waals surface area contributed by atoms with E-state index < -0.39 is 0 Å². The van der Waals surface area contributed by atoms with Gasteiger partial charge in [-0.1, -0.05) is 13.3 Å². The summed E-state index contributed by atoms with van der Waals surface area (Å²) in [5, 5.41) is 6.64. The highest BCUT2D eigenvalue weighted by Gasteiger charge is 2.29. The maximum absolute atomic E-state index is 5.57. The van der Waals surface area contributed by atoms with E-state index in [1.54, 1.807) is 0 Å². The molecule has 7 heteroatoms. The van der Waals surface area contributed by atoms with E-state index in [1.165, 1.54) is 25.0 Å². The molecule has 1 saturated heterocycles. The number of ether oxygens (including phenoxy) is 2. The zero-order valence-electron chi connectivity index (χ0n) is 15.6. The summed E-state index contributed by atoms with van der Waals surface area (Å²) >= 11 is 2.05. The molecule has 24 heavy (non-hydrogen) atoms. The molecule has 0 aliphatic carbocycles. The van der Waals surface area contributed by atoms with Gasteiger partial charge in [0.15, 0.2) is 5.96 Å². The van der Waals surface area contributed by atoms with Crippen LogP contribution in [-0.4, -0.2) is 62.5 Å². The topological polar surface area (TPSA) is 54.9 Å². The van der Waals surface area contributed by atoms with Gasteiger partial charge in [0.2, 0.25) is 0 Å². The largest absolute Gasteiger partial charge is 0.379 e. The van der Waals surface area contributed by atoms with Gasteiger partial charge in [0.25, 0.3) is 0 Å². The number of guanidine groups is 1. The number of halogens is 1. The summed E-state index contributed by atoms with van der Waals surface area (Å²) in [5.41, 5.74) is 0. The fourth-order valence-electron chi connectivity index (χ4n) is 2.36. The third-order valence-corrected chi connectivity index (χ3v) is 5.29. The molecule has 1 rings (SSSR count). The van der Waals surface area contributed by atoms with Gasteiger partial charge < -0.3 is 20.1 Å². The zero-order chi connectivity index (χ0) is 16.8. The quantitative estimate of drug-likeness (QED) is 0.197. The number of nitrogens with zero attached hydrogens (tertiary/aromatic N) is 1. The van der Waals surface area contributed by atoms with Crippen LogP contribution in [0, 0.1) is 0 Å². The van der Waals surface area contributed by atoms with E-state index in [0.29, 0.717) is 24.6 Å². The van der Waals surface area contributed by atoms with E-state index in [4.69, 9.17) is 14.5 Å². The second-order valence-corrected chi connectivity index (χ2v) is 7.78. The van der Waals surface area contributed by atoms with Crippen LogP contribution in [-0.2, 0) is 9.47 Å². The molecule has 2 N–H and O–H groups in total. The minimum Gasteiger partial charge on any atom is -0.379 e. The van der Waals surface area contributed by atoms with Gasteiger partial charge in [0, 0.05) is 24.4 Å². The van der Waals surface area contributed by atoms with Crippen molar-refractivity contribution in [3.05, 3.63) is 0 Å². The van der Waals surface area contributed by atoms with Crippen LogP contribution in [0.15, 0.2) is 4.99 Å². The fourth-order valence-corrected chi connectivity index (χ4v) is 3.59. The number of nitrogens with one attached hydrogen (secondary N) is 2. The molecule has 1 unspecified atom stereocenters. The highest BCUT2D eigenvalue weighted by atomic mass is 127. The molecule has 144 valence electrons. The molecule has 1 heterocycles. The summed E-state index contributed by atoms with van der Waals surface area (Å²) in [6, 6.07) is 0. The Balaban J connectivity index is 0.00000529. The van der Waals surface area contributed by atoms with Gasteiger partial charge in [-0.2, -0.15) is 11.8 Å². The van der Waals surface area contributed by atoms with E-state index in [9.17, 15) is 0 Å². The van der Waals surface area contributed by atoms with E-state index in [2.05, 4.69) is 31.4 Å². The van der Waals surface area contributed by atoms with Crippen molar-refractivity contribution in [2.75, 3.05) is 51.8 Å². The van der Waals surface area contributed by atoms with E-state index >= 15 is 0 Å². The number of hydrogen-bond acceptors (Lipinski definition) is 4. The summed E-state index contributed by atoms with van der Waals surface area (Å²) in [5.74, 6) is 2.16. The molecule has 0 radical (unpaired) electrons. The third kappa shape index (κ3) is 11.8. The van der Waals surface area contributed by atoms with Crippen LogP contribution in [0.1, 0.15) is 46.5 Å². The normalized spacial score (nSPS) is 20.7. The summed E-state index contributed by atoms with van der Waals surface area (Å²) in [6.45, 7) is 12.0. The third-order valence-electron chi connectivity index (χ3n) is 3.77. The average Bonchev–Trinajstić information content (AvgIpc) is 2.98. The molecule has 0 amide bonds. The summed E-state index contributed by atoms with van der Waals surface area (Å²) in [7, 11) is 0. The zero-order valence-corrected chi connectivity index (χ0v) is 18.7. The maximum Gasteiger partial charge on any atom is 0.191 e. The molecule has 5 nitrogen and oxygen atoms in total. The van der Waals surface area contributed by atoms with Gasteiger partial charge in [-0.05, 0) is 38.9 Å². The lowest BCUT2D eigenvalue weighted by Gasteiger charge is -2.21. The van der Waals surface area contributed by atoms with Crippen molar-refractivity contribution in [3.63, 3.8) is 0 Å². The first kappa shape index (κ1) is 24.3. The van der Waals surface area contributed by atoms with Crippen LogP contribution in [0.3, 0.4) is 0 Å². The minimum absolute atomic E-state index is 0. The molecule has 1 fully saturated rings. The second kappa shape index (κ2) is 15.5. The fraction of sp³-hybridized carbons (Fsp3) is 0.941. The van der Waals surface area contributed by atoms with Crippen molar-refractivity contribution < 1.29 is 9.47 Å². The van der Waals surface area contributed by atoms with Crippen molar-refractivity contribution in [3.8, 4) is 0 Å². The highest BCUT2D eigenvalue weighted by molar-refractivity contribution is 14.0. The Labute approximate surface area is 169 Å². The molecular weight excluding hydrogens is 437 g/mol. The summed E-state index contributed by atoms with van der Waals surface area (Å²) in [6.07, 6.45) is 4.88. The van der Waals surface area contributed by atoms with Gasteiger partial charge in [-0.25, -0.2) is 0 Å². The molecule has 1 aliphatic heterocycles. The van der Waals surface area contributed by atoms with E-state index in [-0.39, 0.29) is 24.0 Å². The number of unbranched alkanes of at least 4 members (excludes halogenated alkanes) is 1. The monoisotopic (exact) mass is 473 g/mol. The molecule has 0 aromatic carbocycles. The van der Waals surface area contributed by atoms with Crippen molar-refractivity contribution in [1.29, 1.82) is 0 Å². The Hall–Kier alpha value is 0.270. The van der Waals surface area contributed by atoms with Crippen molar-refractivity contribution in [1.82, 2.24) is 10.6 Å². The Morgan fingerprint density at radius 3 is 2.50 bits per heavy atom. The number of rotatable bonds is 12. The second-order valence-electron chi connectivity index (χ2n) is 6.10. The molecule has 0 saturated carbocycles. The highest BCUT2D eigenvalue weighted by Crippen LogP contribution is 2.37. The van der Waals surface area contributed by atoms with Gasteiger partial charge in [-0.15, -0.1) is 24.0 Å². The number of aliphatic imine (C=N–C) groups is 1. The van der Waals surface area contributed by atoms with Crippen LogP contribution in [0.2, 0.25) is 0 Å². The Morgan fingerprint density at radius 1 is 1.12 bits per heavy atom.